The summed E-state index contributed by atoms with van der Waals surface area (Å²) in [6, 6.07) is 12.3. The predicted molar refractivity (Wildman–Crippen MR) is 124 cm³/mol. The minimum absolute atomic E-state index is 0.213. The van der Waals surface area contributed by atoms with E-state index in [2.05, 4.69) is 22.5 Å². The van der Waals surface area contributed by atoms with Gasteiger partial charge in [-0.3, -0.25) is 9.78 Å². The number of amides is 1. The van der Waals surface area contributed by atoms with Crippen molar-refractivity contribution in [2.45, 2.75) is 44.4 Å². The van der Waals surface area contributed by atoms with Crippen LogP contribution in [0.25, 0.3) is 21.9 Å². The molecule has 164 valence electrons. The molecule has 1 fully saturated rings. The highest BCUT2D eigenvalue weighted by Crippen LogP contribution is 2.43. The summed E-state index contributed by atoms with van der Waals surface area (Å²) < 4.78 is 16.0. The molecular formula is C26H27FN4O. The minimum atomic E-state index is -0.426. The lowest BCUT2D eigenvalue weighted by molar-refractivity contribution is 0.100. The quantitative estimate of drug-likeness (QED) is 0.469. The van der Waals surface area contributed by atoms with E-state index in [1.807, 2.05) is 25.4 Å². The largest absolute Gasteiger partial charge is 0.366 e. The first-order valence-electron chi connectivity index (χ1n) is 11.2. The topological polar surface area (TPSA) is 73.8 Å². The van der Waals surface area contributed by atoms with Gasteiger partial charge in [-0.15, -0.1) is 0 Å². The summed E-state index contributed by atoms with van der Waals surface area (Å²) in [5.41, 5.74) is 9.84. The maximum atomic E-state index is 13.9. The summed E-state index contributed by atoms with van der Waals surface area (Å²) in [4.78, 5) is 20.8. The molecule has 2 heterocycles. The molecule has 0 aliphatic heterocycles. The lowest BCUT2D eigenvalue weighted by Crippen LogP contribution is -2.20. The molecule has 1 unspecified atom stereocenters. The van der Waals surface area contributed by atoms with Gasteiger partial charge in [0.05, 0.1) is 16.6 Å². The number of halogens is 1. The number of benzene rings is 2. The molecule has 1 atom stereocenters. The zero-order valence-corrected chi connectivity index (χ0v) is 18.4. The summed E-state index contributed by atoms with van der Waals surface area (Å²) >= 11 is 0. The summed E-state index contributed by atoms with van der Waals surface area (Å²) in [6.45, 7) is 2.25. The molecule has 0 saturated heterocycles. The summed E-state index contributed by atoms with van der Waals surface area (Å²) in [6.07, 6.45) is 6.17. The van der Waals surface area contributed by atoms with Crippen molar-refractivity contribution in [3.63, 3.8) is 0 Å². The Balaban J connectivity index is 1.36. The fourth-order valence-electron chi connectivity index (χ4n) is 5.41. The van der Waals surface area contributed by atoms with Gasteiger partial charge in [0.2, 0.25) is 5.91 Å². The molecule has 1 saturated carbocycles. The van der Waals surface area contributed by atoms with E-state index in [1.165, 1.54) is 11.6 Å². The molecule has 2 aromatic carbocycles. The van der Waals surface area contributed by atoms with Crippen LogP contribution in [0.4, 0.5) is 4.39 Å². The van der Waals surface area contributed by atoms with Crippen LogP contribution in [-0.2, 0) is 7.05 Å². The van der Waals surface area contributed by atoms with Crippen LogP contribution in [0.5, 0.6) is 0 Å². The van der Waals surface area contributed by atoms with Gasteiger partial charge < -0.3 is 10.3 Å². The number of hydrogen-bond acceptors (Lipinski definition) is 3. The number of pyridine rings is 1. The number of imidazole rings is 1. The number of hydrogen-bond donors (Lipinski definition) is 1. The van der Waals surface area contributed by atoms with Crippen LogP contribution in [0.1, 0.15) is 66.2 Å². The zero-order valence-electron chi connectivity index (χ0n) is 18.4. The lowest BCUT2D eigenvalue weighted by Gasteiger charge is -2.32. The fourth-order valence-corrected chi connectivity index (χ4v) is 5.41. The third-order valence-corrected chi connectivity index (χ3v) is 7.26. The number of aromatic nitrogens is 3. The fraction of sp³-hybridized carbons (Fsp3) is 0.346. The molecule has 2 aromatic heterocycles. The molecule has 5 rings (SSSR count). The van der Waals surface area contributed by atoms with Crippen LogP contribution in [0.15, 0.2) is 48.7 Å². The second kappa shape index (κ2) is 8.01. The van der Waals surface area contributed by atoms with Crippen LogP contribution >= 0.6 is 0 Å². The average Bonchev–Trinajstić information content (AvgIpc) is 3.14. The van der Waals surface area contributed by atoms with Gasteiger partial charge in [0.1, 0.15) is 11.6 Å². The van der Waals surface area contributed by atoms with Crippen LogP contribution in [0.2, 0.25) is 0 Å². The number of primary amides is 1. The Morgan fingerprint density at radius 2 is 1.84 bits per heavy atom. The van der Waals surface area contributed by atoms with Crippen molar-refractivity contribution in [2.75, 3.05) is 0 Å². The van der Waals surface area contributed by atoms with E-state index >= 15 is 0 Å². The van der Waals surface area contributed by atoms with Crippen molar-refractivity contribution in [3.8, 4) is 0 Å². The van der Waals surface area contributed by atoms with Crippen LogP contribution in [-0.4, -0.2) is 20.4 Å². The molecule has 4 aromatic rings. The molecule has 1 aliphatic carbocycles. The minimum Gasteiger partial charge on any atom is -0.366 e. The molecular weight excluding hydrogens is 403 g/mol. The second-order valence-corrected chi connectivity index (χ2v) is 9.06. The highest BCUT2D eigenvalue weighted by Gasteiger charge is 2.30. The van der Waals surface area contributed by atoms with Crippen molar-refractivity contribution < 1.29 is 9.18 Å². The van der Waals surface area contributed by atoms with E-state index in [4.69, 9.17) is 10.7 Å². The Morgan fingerprint density at radius 3 is 2.59 bits per heavy atom. The Bertz CT molecular complexity index is 1320. The van der Waals surface area contributed by atoms with Crippen molar-refractivity contribution in [1.29, 1.82) is 0 Å². The number of rotatable bonds is 4. The van der Waals surface area contributed by atoms with E-state index in [0.29, 0.717) is 23.3 Å². The maximum Gasteiger partial charge on any atom is 0.248 e. The molecule has 6 heteroatoms. The van der Waals surface area contributed by atoms with Gasteiger partial charge in [0, 0.05) is 30.1 Å². The Hall–Kier alpha value is -3.28. The molecule has 32 heavy (non-hydrogen) atoms. The lowest BCUT2D eigenvalue weighted by atomic mass is 9.73. The Morgan fingerprint density at radius 1 is 1.09 bits per heavy atom. The summed E-state index contributed by atoms with van der Waals surface area (Å²) in [5, 5.41) is 0.935. The van der Waals surface area contributed by atoms with Crippen molar-refractivity contribution in [3.05, 3.63) is 71.4 Å². The predicted octanol–water partition coefficient (Wildman–Crippen LogP) is 5.44. The third kappa shape index (κ3) is 3.53. The molecule has 0 spiro atoms. The van der Waals surface area contributed by atoms with E-state index in [9.17, 15) is 9.18 Å². The zero-order chi connectivity index (χ0) is 22.4. The molecule has 1 amide bonds. The first-order valence-corrected chi connectivity index (χ1v) is 11.2. The molecule has 1 aliphatic rings. The van der Waals surface area contributed by atoms with Crippen molar-refractivity contribution in [1.82, 2.24) is 14.5 Å². The van der Waals surface area contributed by atoms with E-state index in [0.717, 1.165) is 53.4 Å². The first-order chi connectivity index (χ1) is 15.4. The van der Waals surface area contributed by atoms with Gasteiger partial charge in [0.25, 0.3) is 0 Å². The van der Waals surface area contributed by atoms with Crippen LogP contribution < -0.4 is 5.73 Å². The van der Waals surface area contributed by atoms with Gasteiger partial charge in [-0.2, -0.15) is 0 Å². The maximum absolute atomic E-state index is 13.9. The van der Waals surface area contributed by atoms with Crippen LogP contribution in [0.3, 0.4) is 0 Å². The summed E-state index contributed by atoms with van der Waals surface area (Å²) in [7, 11) is 2.01. The highest BCUT2D eigenvalue weighted by molar-refractivity contribution is 5.96. The summed E-state index contributed by atoms with van der Waals surface area (Å²) in [5.74, 6) is 1.66. The number of aryl methyl sites for hydroxylation is 1. The van der Waals surface area contributed by atoms with Gasteiger partial charge in [-0.05, 0) is 85.5 Å². The number of carbonyl (C=O) groups is 1. The second-order valence-electron chi connectivity index (χ2n) is 9.06. The van der Waals surface area contributed by atoms with Gasteiger partial charge in [0.15, 0.2) is 0 Å². The average molecular weight is 431 g/mol. The van der Waals surface area contributed by atoms with Gasteiger partial charge in [-0.1, -0.05) is 6.92 Å². The standard InChI is InChI=1S/C26H27FN4O/c1-15(26-30-23-9-7-18(25(28)32)13-24(23)31(26)2)16-3-5-17(6-4-16)20-11-12-29-22-10-8-19(27)14-21(20)22/h7-17H,3-6H2,1-2H3,(H2,28,32). The monoisotopic (exact) mass is 430 g/mol. The van der Waals surface area contributed by atoms with Gasteiger partial charge in [-0.25, -0.2) is 9.37 Å². The number of fused-ring (bicyclic) bond motifs is 2. The molecule has 0 bridgehead atoms. The highest BCUT2D eigenvalue weighted by atomic mass is 19.1. The number of nitrogens with zero attached hydrogens (tertiary/aromatic N) is 3. The first kappa shape index (κ1) is 20.6. The van der Waals surface area contributed by atoms with Gasteiger partial charge >= 0.3 is 0 Å². The molecule has 0 radical (unpaired) electrons. The normalized spacial score (nSPS) is 20.0. The van der Waals surface area contributed by atoms with Crippen molar-refractivity contribution in [2.24, 2.45) is 18.7 Å². The SMILES string of the molecule is CC(c1nc2ccc(C(N)=O)cc2n1C)C1CCC(c2ccnc3ccc(F)cc23)CC1. The Labute approximate surface area is 186 Å². The number of nitrogens with two attached hydrogens (primary N) is 1. The smallest absolute Gasteiger partial charge is 0.248 e. The van der Waals surface area contributed by atoms with Crippen molar-refractivity contribution >= 4 is 27.8 Å². The Kier molecular flexibility index (Phi) is 5.16. The van der Waals surface area contributed by atoms with E-state index in [1.54, 1.807) is 18.2 Å². The van der Waals surface area contributed by atoms with E-state index < -0.39 is 5.91 Å². The van der Waals surface area contributed by atoms with Crippen LogP contribution in [0, 0.1) is 11.7 Å². The molecule has 5 nitrogen and oxygen atoms in total. The third-order valence-electron chi connectivity index (χ3n) is 7.26. The van der Waals surface area contributed by atoms with E-state index in [-0.39, 0.29) is 5.82 Å². The number of carbonyl (C=O) groups excluding carboxylic acids is 1. The molecule has 2 N–H and O–H groups in total.